The topological polar surface area (TPSA) is 162 Å². The predicted octanol–water partition coefficient (Wildman–Crippen LogP) is 1.50. The van der Waals surface area contributed by atoms with E-state index in [1.54, 1.807) is 30.3 Å². The van der Waals surface area contributed by atoms with Gasteiger partial charge in [0.2, 0.25) is 17.7 Å². The van der Waals surface area contributed by atoms with Crippen molar-refractivity contribution in [2.75, 3.05) is 6.54 Å². The Morgan fingerprint density at radius 1 is 0.857 bits per heavy atom. The Bertz CT molecular complexity index is 926. The summed E-state index contributed by atoms with van der Waals surface area (Å²) in [5.74, 6) is -4.46. The van der Waals surface area contributed by atoms with Gasteiger partial charge in [-0.3, -0.25) is 19.2 Å². The van der Waals surface area contributed by atoms with Crippen LogP contribution in [-0.2, 0) is 30.4 Å². The molecule has 1 aromatic carbocycles. The van der Waals surface area contributed by atoms with Gasteiger partial charge in [-0.05, 0) is 30.2 Å². The molecule has 0 fully saturated rings. The molecule has 0 radical (unpaired) electrons. The molecule has 0 unspecified atom stereocenters. The molecule has 0 saturated heterocycles. The van der Waals surface area contributed by atoms with E-state index in [2.05, 4.69) is 16.0 Å². The molecule has 3 amide bonds. The third kappa shape index (κ3) is 11.8. The van der Waals surface area contributed by atoms with Gasteiger partial charge in [0.25, 0.3) is 0 Å². The van der Waals surface area contributed by atoms with Gasteiger partial charge in [-0.1, -0.05) is 58.0 Å². The van der Waals surface area contributed by atoms with Crippen LogP contribution in [0.5, 0.6) is 0 Å². The molecule has 5 N–H and O–H groups in total. The van der Waals surface area contributed by atoms with Crippen molar-refractivity contribution in [3.05, 3.63) is 47.5 Å². The van der Waals surface area contributed by atoms with E-state index in [1.165, 1.54) is 0 Å². The van der Waals surface area contributed by atoms with E-state index in [0.717, 1.165) is 11.6 Å². The first kappa shape index (κ1) is 29.3. The van der Waals surface area contributed by atoms with E-state index < -0.39 is 48.3 Å². The third-order valence-corrected chi connectivity index (χ3v) is 4.88. The summed E-state index contributed by atoms with van der Waals surface area (Å²) in [6.45, 7) is 6.78. The summed E-state index contributed by atoms with van der Waals surface area (Å²) in [6.07, 6.45) is 1.38. The van der Waals surface area contributed by atoms with Crippen LogP contribution in [0, 0.1) is 11.8 Å². The molecule has 192 valence electrons. The van der Waals surface area contributed by atoms with Crippen molar-refractivity contribution in [1.82, 2.24) is 16.0 Å². The number of aliphatic carboxylic acids is 2. The fraction of sp³-hybridized carbons (Fsp3) is 0.480. The van der Waals surface area contributed by atoms with E-state index in [1.807, 2.05) is 27.7 Å². The number of hydrogen-bond donors (Lipinski definition) is 5. The highest BCUT2D eigenvalue weighted by Crippen LogP contribution is 2.13. The van der Waals surface area contributed by atoms with Gasteiger partial charge in [0.05, 0.1) is 0 Å². The Kier molecular flexibility index (Phi) is 12.2. The molecular weight excluding hydrogens is 454 g/mol. The van der Waals surface area contributed by atoms with Crippen LogP contribution in [0.15, 0.2) is 42.0 Å². The maximum Gasteiger partial charge on any atom is 0.328 e. The molecule has 0 aliphatic heterocycles. The van der Waals surface area contributed by atoms with Crippen LogP contribution in [0.25, 0.3) is 0 Å². The number of carbonyl (C=O) groups excluding carboxylic acids is 3. The summed E-state index contributed by atoms with van der Waals surface area (Å²) in [6, 6.07) is 6.81. The minimum atomic E-state index is -1.27. The summed E-state index contributed by atoms with van der Waals surface area (Å²) < 4.78 is 0. The van der Waals surface area contributed by atoms with Gasteiger partial charge in [-0.25, -0.2) is 4.79 Å². The van der Waals surface area contributed by atoms with E-state index in [-0.39, 0.29) is 36.7 Å². The van der Waals surface area contributed by atoms with Crippen LogP contribution in [0.4, 0.5) is 0 Å². The highest BCUT2D eigenvalue weighted by Gasteiger charge is 2.28. The number of carboxylic acid groups (broad SMARTS) is 2. The number of rotatable bonds is 14. The summed E-state index contributed by atoms with van der Waals surface area (Å²) >= 11 is 0. The van der Waals surface area contributed by atoms with Crippen molar-refractivity contribution >= 4 is 29.7 Å². The minimum Gasteiger partial charge on any atom is -0.480 e. The molecule has 1 rings (SSSR count). The molecule has 0 aromatic heterocycles. The molecular formula is C25H35N3O7. The molecule has 2 atom stereocenters. The highest BCUT2D eigenvalue weighted by atomic mass is 16.4. The fourth-order valence-electron chi connectivity index (χ4n) is 3.38. The first-order valence-electron chi connectivity index (χ1n) is 11.5. The molecule has 0 spiro atoms. The molecule has 35 heavy (non-hydrogen) atoms. The Balaban J connectivity index is 3.17. The van der Waals surface area contributed by atoms with E-state index in [4.69, 9.17) is 10.2 Å². The van der Waals surface area contributed by atoms with Crippen molar-refractivity contribution in [2.45, 2.75) is 59.0 Å². The Hall–Kier alpha value is -3.69. The molecule has 0 saturated carbocycles. The van der Waals surface area contributed by atoms with Gasteiger partial charge in [0.1, 0.15) is 18.6 Å². The van der Waals surface area contributed by atoms with Gasteiger partial charge in [0, 0.05) is 18.1 Å². The zero-order chi connectivity index (χ0) is 26.5. The summed E-state index contributed by atoms with van der Waals surface area (Å²) in [4.78, 5) is 60.7. The standard InChI is InChI=1S/C25H35N3O7/c1-15(2)10-18(13-21(29)30)23(33)27-20(12-17-8-6-5-7-9-17)25(35)28-19(11-16(3)4)24(34)26-14-22(31)32/h5-9,13,15-16,19-20H,10-12,14H2,1-4H3,(H,26,34)(H,27,33)(H,28,35)(H,29,30)(H,31,32)/b18-13+/t19-,20-/m0/s1. The molecule has 0 aliphatic carbocycles. The lowest BCUT2D eigenvalue weighted by Crippen LogP contribution is -2.55. The average Bonchev–Trinajstić information content (AvgIpc) is 2.75. The second-order valence-corrected chi connectivity index (χ2v) is 9.12. The number of amides is 3. The minimum absolute atomic E-state index is 0.00102. The van der Waals surface area contributed by atoms with E-state index in [0.29, 0.717) is 0 Å². The zero-order valence-electron chi connectivity index (χ0n) is 20.5. The second kappa shape index (κ2) is 14.5. The number of nitrogens with one attached hydrogen (secondary N) is 3. The van der Waals surface area contributed by atoms with E-state index >= 15 is 0 Å². The van der Waals surface area contributed by atoms with Crippen LogP contribution in [0.2, 0.25) is 0 Å². The summed E-state index contributed by atoms with van der Waals surface area (Å²) in [5, 5.41) is 25.5. The van der Waals surface area contributed by atoms with Gasteiger partial charge in [-0.15, -0.1) is 0 Å². The van der Waals surface area contributed by atoms with Crippen molar-refractivity contribution in [3.8, 4) is 0 Å². The zero-order valence-corrected chi connectivity index (χ0v) is 20.5. The second-order valence-electron chi connectivity index (χ2n) is 9.12. The average molecular weight is 490 g/mol. The third-order valence-electron chi connectivity index (χ3n) is 4.88. The van der Waals surface area contributed by atoms with Crippen molar-refractivity contribution in [1.29, 1.82) is 0 Å². The number of carboxylic acids is 2. The highest BCUT2D eigenvalue weighted by molar-refractivity contribution is 6.01. The molecule has 0 aliphatic rings. The SMILES string of the molecule is CC(C)C/C(=C\C(=O)O)C(=O)N[C@@H](Cc1ccccc1)C(=O)N[C@@H](CC(C)C)C(=O)NCC(=O)O. The summed E-state index contributed by atoms with van der Waals surface area (Å²) in [5.41, 5.74) is 0.771. The predicted molar refractivity (Wildman–Crippen MR) is 129 cm³/mol. The van der Waals surface area contributed by atoms with Crippen LogP contribution < -0.4 is 16.0 Å². The maximum absolute atomic E-state index is 13.2. The van der Waals surface area contributed by atoms with Crippen molar-refractivity contribution in [3.63, 3.8) is 0 Å². The quantitative estimate of drug-likeness (QED) is 0.247. The molecule has 0 bridgehead atoms. The van der Waals surface area contributed by atoms with Crippen LogP contribution >= 0.6 is 0 Å². The molecule has 1 aromatic rings. The monoisotopic (exact) mass is 489 g/mol. The Morgan fingerprint density at radius 3 is 2.00 bits per heavy atom. The van der Waals surface area contributed by atoms with Crippen LogP contribution in [0.3, 0.4) is 0 Å². The number of hydrogen-bond acceptors (Lipinski definition) is 5. The number of benzene rings is 1. The van der Waals surface area contributed by atoms with Gasteiger partial charge in [0.15, 0.2) is 0 Å². The Labute approximate surface area is 205 Å². The van der Waals surface area contributed by atoms with Crippen molar-refractivity contribution < 1.29 is 34.2 Å². The first-order valence-corrected chi connectivity index (χ1v) is 11.5. The number of carbonyl (C=O) groups is 5. The maximum atomic E-state index is 13.2. The largest absolute Gasteiger partial charge is 0.480 e. The first-order chi connectivity index (χ1) is 16.4. The molecule has 10 heteroatoms. The van der Waals surface area contributed by atoms with E-state index in [9.17, 15) is 24.0 Å². The fourth-order valence-corrected chi connectivity index (χ4v) is 3.38. The van der Waals surface area contributed by atoms with Gasteiger partial charge >= 0.3 is 11.9 Å². The van der Waals surface area contributed by atoms with Gasteiger partial charge in [-0.2, -0.15) is 0 Å². The lowest BCUT2D eigenvalue weighted by Gasteiger charge is -2.24. The lowest BCUT2D eigenvalue weighted by atomic mass is 9.99. The van der Waals surface area contributed by atoms with Crippen LogP contribution in [-0.4, -0.2) is 58.5 Å². The Morgan fingerprint density at radius 2 is 1.49 bits per heavy atom. The normalized spacial score (nSPS) is 13.1. The van der Waals surface area contributed by atoms with Crippen LogP contribution in [0.1, 0.15) is 46.1 Å². The molecule has 10 nitrogen and oxygen atoms in total. The summed E-state index contributed by atoms with van der Waals surface area (Å²) in [7, 11) is 0. The van der Waals surface area contributed by atoms with Gasteiger partial charge < -0.3 is 26.2 Å². The lowest BCUT2D eigenvalue weighted by molar-refractivity contribution is -0.138. The van der Waals surface area contributed by atoms with Crippen molar-refractivity contribution in [2.24, 2.45) is 11.8 Å². The smallest absolute Gasteiger partial charge is 0.328 e. The molecule has 0 heterocycles.